The number of methoxy groups -OCH3 is 1. The van der Waals surface area contributed by atoms with Crippen LogP contribution < -0.4 is 10.1 Å². The number of benzene rings is 1. The molecule has 168 valence electrons. The van der Waals surface area contributed by atoms with Gasteiger partial charge in [-0.1, -0.05) is 12.1 Å². The molecule has 2 saturated heterocycles. The van der Waals surface area contributed by atoms with Crippen molar-refractivity contribution < 1.29 is 19.3 Å². The molecule has 2 N–H and O–H groups in total. The molecule has 7 heteroatoms. The van der Waals surface area contributed by atoms with Crippen molar-refractivity contribution in [3.8, 4) is 5.75 Å². The summed E-state index contributed by atoms with van der Waals surface area (Å²) in [5.74, 6) is 1.59. The number of rotatable bonds is 8. The molecule has 0 aliphatic carbocycles. The summed E-state index contributed by atoms with van der Waals surface area (Å²) < 4.78 is 17.1. The number of aliphatic hydroxyl groups excluding tert-OH is 1. The van der Waals surface area contributed by atoms with Gasteiger partial charge in [0.15, 0.2) is 5.96 Å². The Morgan fingerprint density at radius 1 is 1.30 bits per heavy atom. The third kappa shape index (κ3) is 6.86. The lowest BCUT2D eigenvalue weighted by atomic mass is 10.1. The van der Waals surface area contributed by atoms with Gasteiger partial charge in [0.2, 0.25) is 0 Å². The molecule has 1 aromatic rings. The molecule has 3 rings (SSSR count). The van der Waals surface area contributed by atoms with Crippen LogP contribution in [0.4, 0.5) is 0 Å². The van der Waals surface area contributed by atoms with Gasteiger partial charge >= 0.3 is 0 Å². The zero-order chi connectivity index (χ0) is 21.2. The van der Waals surface area contributed by atoms with Gasteiger partial charge in [-0.05, 0) is 56.7 Å². The van der Waals surface area contributed by atoms with E-state index in [2.05, 4.69) is 17.1 Å². The van der Waals surface area contributed by atoms with Gasteiger partial charge in [-0.25, -0.2) is 0 Å². The number of piperidine rings is 1. The number of hydrogen-bond donors (Lipinski definition) is 2. The summed E-state index contributed by atoms with van der Waals surface area (Å²) in [6.45, 7) is 6.55. The maximum absolute atomic E-state index is 10.6. The number of hydrogen-bond acceptors (Lipinski definition) is 5. The molecule has 30 heavy (non-hydrogen) atoms. The molecule has 7 nitrogen and oxygen atoms in total. The fourth-order valence-electron chi connectivity index (χ4n) is 3.97. The number of likely N-dealkylation sites (tertiary alicyclic amines) is 1. The fourth-order valence-corrected chi connectivity index (χ4v) is 3.97. The first-order chi connectivity index (χ1) is 14.7. The van der Waals surface area contributed by atoms with Crippen molar-refractivity contribution in [2.45, 2.75) is 57.3 Å². The lowest BCUT2D eigenvalue weighted by molar-refractivity contribution is -0.0721. The molecule has 0 radical (unpaired) electrons. The smallest absolute Gasteiger partial charge is 0.194 e. The Morgan fingerprint density at radius 2 is 2.13 bits per heavy atom. The maximum atomic E-state index is 10.6. The van der Waals surface area contributed by atoms with Crippen molar-refractivity contribution in [3.63, 3.8) is 0 Å². The van der Waals surface area contributed by atoms with E-state index in [-0.39, 0.29) is 12.2 Å². The van der Waals surface area contributed by atoms with E-state index in [0.717, 1.165) is 62.8 Å². The second kappa shape index (κ2) is 12.1. The molecule has 2 aliphatic heterocycles. The minimum atomic E-state index is -0.662. The Labute approximate surface area is 180 Å². The van der Waals surface area contributed by atoms with Crippen LogP contribution in [0.15, 0.2) is 29.3 Å². The van der Waals surface area contributed by atoms with E-state index < -0.39 is 6.10 Å². The predicted molar refractivity (Wildman–Crippen MR) is 118 cm³/mol. The summed E-state index contributed by atoms with van der Waals surface area (Å²) in [4.78, 5) is 6.96. The Bertz CT molecular complexity index is 656. The Kier molecular flexibility index (Phi) is 9.24. The lowest BCUT2D eigenvalue weighted by Crippen LogP contribution is -2.47. The molecule has 0 bridgehead atoms. The van der Waals surface area contributed by atoms with Gasteiger partial charge in [0.1, 0.15) is 5.75 Å². The van der Waals surface area contributed by atoms with Gasteiger partial charge in [-0.15, -0.1) is 0 Å². The number of aliphatic hydroxyl groups is 1. The van der Waals surface area contributed by atoms with Crippen LogP contribution in [-0.2, 0) is 9.47 Å². The van der Waals surface area contributed by atoms with Gasteiger partial charge in [-0.2, -0.15) is 0 Å². The largest absolute Gasteiger partial charge is 0.497 e. The first-order valence-electron chi connectivity index (χ1n) is 11.3. The van der Waals surface area contributed by atoms with E-state index in [0.29, 0.717) is 13.2 Å². The minimum Gasteiger partial charge on any atom is -0.497 e. The first kappa shape index (κ1) is 22.8. The van der Waals surface area contributed by atoms with Crippen LogP contribution in [0.1, 0.15) is 50.7 Å². The summed E-state index contributed by atoms with van der Waals surface area (Å²) in [6, 6.07) is 7.51. The van der Waals surface area contributed by atoms with Crippen molar-refractivity contribution >= 4 is 5.96 Å². The predicted octanol–water partition coefficient (Wildman–Crippen LogP) is 2.74. The molecule has 0 aromatic heterocycles. The van der Waals surface area contributed by atoms with Crippen LogP contribution >= 0.6 is 0 Å². The van der Waals surface area contributed by atoms with Crippen molar-refractivity contribution in [3.05, 3.63) is 29.8 Å². The molecule has 2 aliphatic rings. The number of nitrogens with one attached hydrogen (secondary N) is 1. The van der Waals surface area contributed by atoms with Crippen molar-refractivity contribution in [2.75, 3.05) is 46.5 Å². The fraction of sp³-hybridized carbons (Fsp3) is 0.696. The SMILES string of the molecule is CCNC(=NCC(O)c1cccc(OC)c1)N1CCC(OCC2CCCCO2)CC1. The van der Waals surface area contributed by atoms with Crippen LogP contribution in [-0.4, -0.2) is 74.7 Å². The highest BCUT2D eigenvalue weighted by molar-refractivity contribution is 5.80. The molecule has 2 unspecified atom stereocenters. The average Bonchev–Trinajstić information content (AvgIpc) is 2.81. The second-order valence-electron chi connectivity index (χ2n) is 8.00. The highest BCUT2D eigenvalue weighted by Gasteiger charge is 2.24. The normalized spacial score (nSPS) is 22.0. The highest BCUT2D eigenvalue weighted by Crippen LogP contribution is 2.20. The van der Waals surface area contributed by atoms with E-state index in [4.69, 9.17) is 19.2 Å². The molecule has 0 amide bonds. The lowest BCUT2D eigenvalue weighted by Gasteiger charge is -2.35. The highest BCUT2D eigenvalue weighted by atomic mass is 16.5. The van der Waals surface area contributed by atoms with Crippen molar-refractivity contribution in [1.82, 2.24) is 10.2 Å². The Balaban J connectivity index is 1.48. The van der Waals surface area contributed by atoms with Gasteiger partial charge in [0, 0.05) is 26.2 Å². The summed E-state index contributed by atoms with van der Waals surface area (Å²) in [5.41, 5.74) is 0.811. The van der Waals surface area contributed by atoms with Gasteiger partial charge in [0.25, 0.3) is 0 Å². The Hall–Kier alpha value is -1.83. The van der Waals surface area contributed by atoms with E-state index in [1.54, 1.807) is 7.11 Å². The number of ether oxygens (including phenoxy) is 3. The standard InChI is InChI=1S/C23H37N3O4/c1-3-24-23(25-16-22(27)18-7-6-9-20(15-18)28-2)26-12-10-19(11-13-26)30-17-21-8-4-5-14-29-21/h6-7,9,15,19,21-22,27H,3-5,8,10-14,16-17H2,1-2H3,(H,24,25). The summed E-state index contributed by atoms with van der Waals surface area (Å²) in [7, 11) is 1.63. The van der Waals surface area contributed by atoms with E-state index in [1.807, 2.05) is 24.3 Å². The van der Waals surface area contributed by atoms with E-state index in [1.165, 1.54) is 12.8 Å². The molecule has 2 fully saturated rings. The van der Waals surface area contributed by atoms with Crippen molar-refractivity contribution in [2.24, 2.45) is 4.99 Å². The second-order valence-corrected chi connectivity index (χ2v) is 8.00. The van der Waals surface area contributed by atoms with Crippen LogP contribution in [0, 0.1) is 0 Å². The first-order valence-corrected chi connectivity index (χ1v) is 11.3. The Morgan fingerprint density at radius 3 is 2.83 bits per heavy atom. The van der Waals surface area contributed by atoms with Gasteiger partial charge < -0.3 is 29.5 Å². The number of guanidine groups is 1. The molecule has 1 aromatic carbocycles. The third-order valence-corrected chi connectivity index (χ3v) is 5.76. The van der Waals surface area contributed by atoms with E-state index in [9.17, 15) is 5.11 Å². The summed E-state index contributed by atoms with van der Waals surface area (Å²) in [6.07, 6.45) is 5.40. The summed E-state index contributed by atoms with van der Waals surface area (Å²) in [5, 5.41) is 13.9. The molecule has 2 heterocycles. The minimum absolute atomic E-state index is 0.272. The van der Waals surface area contributed by atoms with Crippen LogP contribution in [0.5, 0.6) is 5.75 Å². The monoisotopic (exact) mass is 419 g/mol. The van der Waals surface area contributed by atoms with Crippen LogP contribution in [0.25, 0.3) is 0 Å². The molecule has 0 spiro atoms. The number of aliphatic imine (C=N–C) groups is 1. The maximum Gasteiger partial charge on any atom is 0.194 e. The van der Waals surface area contributed by atoms with E-state index >= 15 is 0 Å². The average molecular weight is 420 g/mol. The number of nitrogens with zero attached hydrogens (tertiary/aromatic N) is 2. The topological polar surface area (TPSA) is 75.6 Å². The van der Waals surface area contributed by atoms with Crippen LogP contribution in [0.3, 0.4) is 0 Å². The van der Waals surface area contributed by atoms with Crippen LogP contribution in [0.2, 0.25) is 0 Å². The molecular formula is C23H37N3O4. The van der Waals surface area contributed by atoms with Gasteiger partial charge in [-0.3, -0.25) is 4.99 Å². The van der Waals surface area contributed by atoms with Crippen molar-refractivity contribution in [1.29, 1.82) is 0 Å². The summed E-state index contributed by atoms with van der Waals surface area (Å²) >= 11 is 0. The zero-order valence-electron chi connectivity index (χ0n) is 18.4. The molecular weight excluding hydrogens is 382 g/mol. The third-order valence-electron chi connectivity index (χ3n) is 5.76. The zero-order valence-corrected chi connectivity index (χ0v) is 18.4. The molecule has 2 atom stereocenters. The quantitative estimate of drug-likeness (QED) is 0.499. The van der Waals surface area contributed by atoms with Gasteiger partial charge in [0.05, 0.1) is 38.6 Å². The molecule has 0 saturated carbocycles.